The van der Waals surface area contributed by atoms with Gasteiger partial charge in [-0.1, -0.05) is 13.8 Å². The van der Waals surface area contributed by atoms with Gasteiger partial charge in [0, 0.05) is 25.0 Å². The Bertz CT molecular complexity index is 763. The van der Waals surface area contributed by atoms with Crippen molar-refractivity contribution in [2.75, 3.05) is 11.9 Å². The summed E-state index contributed by atoms with van der Waals surface area (Å²) < 4.78 is 26.4. The molecule has 126 valence electrons. The molecule has 0 bridgehead atoms. The lowest BCUT2D eigenvalue weighted by molar-refractivity contribution is 0.0948. The fraction of sp³-hybridized carbons (Fsp3) is 0.235. The van der Waals surface area contributed by atoms with Gasteiger partial charge in [0.2, 0.25) is 0 Å². The van der Waals surface area contributed by atoms with Crippen LogP contribution in [0.25, 0.3) is 0 Å². The number of hydrogen-bond donors (Lipinski definition) is 2. The predicted molar refractivity (Wildman–Crippen MR) is 85.7 cm³/mol. The molecule has 2 amide bonds. The number of amides is 2. The molecule has 0 aliphatic carbocycles. The standard InChI is InChI=1S/C17H17F2N3O2/c1-10(2)7-21-16(23)11-5-12(9-20-8-11)17(24)22-15-4-3-13(18)6-14(15)19/h3-6,8-10H,7H2,1-2H3,(H,21,23)(H,22,24). The molecule has 0 radical (unpaired) electrons. The highest BCUT2D eigenvalue weighted by atomic mass is 19.1. The van der Waals surface area contributed by atoms with E-state index in [0.29, 0.717) is 12.6 Å². The molecule has 7 heteroatoms. The van der Waals surface area contributed by atoms with Crippen LogP contribution < -0.4 is 10.6 Å². The van der Waals surface area contributed by atoms with Crippen LogP contribution in [0.3, 0.4) is 0 Å². The largest absolute Gasteiger partial charge is 0.352 e. The average molecular weight is 333 g/mol. The summed E-state index contributed by atoms with van der Waals surface area (Å²) in [6, 6.07) is 4.19. The van der Waals surface area contributed by atoms with E-state index < -0.39 is 17.5 Å². The summed E-state index contributed by atoms with van der Waals surface area (Å²) in [5, 5.41) is 5.04. The zero-order valence-electron chi connectivity index (χ0n) is 13.3. The summed E-state index contributed by atoms with van der Waals surface area (Å²) in [4.78, 5) is 28.0. The molecular weight excluding hydrogens is 316 g/mol. The Hall–Kier alpha value is -2.83. The van der Waals surface area contributed by atoms with E-state index in [1.165, 1.54) is 18.5 Å². The van der Waals surface area contributed by atoms with Gasteiger partial charge in [0.1, 0.15) is 11.6 Å². The minimum absolute atomic E-state index is 0.0934. The number of carbonyl (C=O) groups excluding carboxylic acids is 2. The number of benzene rings is 1. The van der Waals surface area contributed by atoms with Crippen molar-refractivity contribution >= 4 is 17.5 Å². The van der Waals surface area contributed by atoms with Crippen LogP contribution in [0.15, 0.2) is 36.7 Å². The highest BCUT2D eigenvalue weighted by Gasteiger charge is 2.13. The molecule has 2 rings (SSSR count). The van der Waals surface area contributed by atoms with E-state index in [2.05, 4.69) is 15.6 Å². The first kappa shape index (κ1) is 17.5. The van der Waals surface area contributed by atoms with E-state index in [1.54, 1.807) is 0 Å². The van der Waals surface area contributed by atoms with Crippen LogP contribution >= 0.6 is 0 Å². The average Bonchev–Trinajstić information content (AvgIpc) is 2.55. The molecule has 0 spiro atoms. The first-order valence-electron chi connectivity index (χ1n) is 7.36. The molecule has 1 aromatic heterocycles. The molecule has 5 nitrogen and oxygen atoms in total. The Labute approximate surface area is 138 Å². The molecule has 1 heterocycles. The number of halogens is 2. The van der Waals surface area contributed by atoms with Gasteiger partial charge < -0.3 is 10.6 Å². The van der Waals surface area contributed by atoms with Crippen LogP contribution in [0.1, 0.15) is 34.6 Å². The lowest BCUT2D eigenvalue weighted by Gasteiger charge is -2.09. The van der Waals surface area contributed by atoms with E-state index in [1.807, 2.05) is 13.8 Å². The first-order chi connectivity index (χ1) is 11.4. The maximum absolute atomic E-state index is 13.6. The lowest BCUT2D eigenvalue weighted by atomic mass is 10.1. The third-order valence-corrected chi connectivity index (χ3v) is 3.11. The van der Waals surface area contributed by atoms with Crippen LogP contribution in [0, 0.1) is 17.6 Å². The van der Waals surface area contributed by atoms with E-state index in [-0.39, 0.29) is 28.6 Å². The van der Waals surface area contributed by atoms with Gasteiger partial charge in [-0.25, -0.2) is 8.78 Å². The van der Waals surface area contributed by atoms with Gasteiger partial charge in [-0.15, -0.1) is 0 Å². The van der Waals surface area contributed by atoms with Crippen molar-refractivity contribution < 1.29 is 18.4 Å². The third-order valence-electron chi connectivity index (χ3n) is 3.11. The normalized spacial score (nSPS) is 10.5. The van der Waals surface area contributed by atoms with Crippen LogP contribution in [0.4, 0.5) is 14.5 Å². The maximum Gasteiger partial charge on any atom is 0.257 e. The van der Waals surface area contributed by atoms with E-state index in [9.17, 15) is 18.4 Å². The third kappa shape index (κ3) is 4.58. The summed E-state index contributed by atoms with van der Waals surface area (Å²) in [5.74, 6) is -2.33. The van der Waals surface area contributed by atoms with Gasteiger partial charge in [0.15, 0.2) is 0 Å². The first-order valence-corrected chi connectivity index (χ1v) is 7.36. The van der Waals surface area contributed by atoms with Gasteiger partial charge in [0.25, 0.3) is 11.8 Å². The number of rotatable bonds is 5. The number of nitrogens with one attached hydrogen (secondary N) is 2. The van der Waals surface area contributed by atoms with Gasteiger partial charge >= 0.3 is 0 Å². The highest BCUT2D eigenvalue weighted by molar-refractivity contribution is 6.05. The highest BCUT2D eigenvalue weighted by Crippen LogP contribution is 2.16. The minimum Gasteiger partial charge on any atom is -0.352 e. The summed E-state index contributed by atoms with van der Waals surface area (Å²) >= 11 is 0. The SMILES string of the molecule is CC(C)CNC(=O)c1cncc(C(=O)Nc2ccc(F)cc2F)c1. The van der Waals surface area contributed by atoms with Crippen molar-refractivity contribution in [3.63, 3.8) is 0 Å². The van der Waals surface area contributed by atoms with Crippen LogP contribution in [0.2, 0.25) is 0 Å². The van der Waals surface area contributed by atoms with Crippen molar-refractivity contribution in [1.82, 2.24) is 10.3 Å². The summed E-state index contributed by atoms with van der Waals surface area (Å²) in [5.41, 5.74) is 0.162. The van der Waals surface area contributed by atoms with Crippen molar-refractivity contribution in [1.29, 1.82) is 0 Å². The van der Waals surface area contributed by atoms with Crippen LogP contribution in [-0.2, 0) is 0 Å². The van der Waals surface area contributed by atoms with Gasteiger partial charge in [-0.2, -0.15) is 0 Å². The number of nitrogens with zero attached hydrogens (tertiary/aromatic N) is 1. The van der Waals surface area contributed by atoms with Crippen molar-refractivity contribution in [3.8, 4) is 0 Å². The number of carbonyl (C=O) groups is 2. The smallest absolute Gasteiger partial charge is 0.257 e. The number of aromatic nitrogens is 1. The summed E-state index contributed by atoms with van der Waals surface area (Å²) in [7, 11) is 0. The molecule has 0 saturated heterocycles. The molecule has 1 aromatic carbocycles. The van der Waals surface area contributed by atoms with Crippen LogP contribution in [0.5, 0.6) is 0 Å². The second kappa shape index (κ2) is 7.63. The topological polar surface area (TPSA) is 71.1 Å². The van der Waals surface area contributed by atoms with Crippen molar-refractivity contribution in [2.45, 2.75) is 13.8 Å². The summed E-state index contributed by atoms with van der Waals surface area (Å²) in [6.07, 6.45) is 2.60. The molecule has 0 aliphatic rings. The van der Waals surface area contributed by atoms with Crippen LogP contribution in [-0.4, -0.2) is 23.3 Å². The summed E-state index contributed by atoms with van der Waals surface area (Å²) in [6.45, 7) is 4.41. The molecular formula is C17H17F2N3O2. The van der Waals surface area contributed by atoms with Crippen molar-refractivity contribution in [3.05, 3.63) is 59.4 Å². The van der Waals surface area contributed by atoms with E-state index >= 15 is 0 Å². The van der Waals surface area contributed by atoms with E-state index in [4.69, 9.17) is 0 Å². The monoisotopic (exact) mass is 333 g/mol. The molecule has 0 saturated carbocycles. The molecule has 0 aliphatic heterocycles. The number of pyridine rings is 1. The quantitative estimate of drug-likeness (QED) is 0.883. The molecule has 2 aromatic rings. The van der Waals surface area contributed by atoms with E-state index in [0.717, 1.165) is 12.1 Å². The Kier molecular flexibility index (Phi) is 5.57. The zero-order valence-corrected chi connectivity index (χ0v) is 13.3. The molecule has 0 atom stereocenters. The Morgan fingerprint density at radius 1 is 1.08 bits per heavy atom. The molecule has 2 N–H and O–H groups in total. The maximum atomic E-state index is 13.6. The predicted octanol–water partition coefficient (Wildman–Crippen LogP) is 3.00. The second-order valence-corrected chi connectivity index (χ2v) is 5.64. The zero-order chi connectivity index (χ0) is 17.7. The lowest BCUT2D eigenvalue weighted by Crippen LogP contribution is -2.27. The Morgan fingerprint density at radius 2 is 1.75 bits per heavy atom. The van der Waals surface area contributed by atoms with Crippen molar-refractivity contribution in [2.24, 2.45) is 5.92 Å². The minimum atomic E-state index is -0.887. The van der Waals surface area contributed by atoms with Gasteiger partial charge in [-0.05, 0) is 24.1 Å². The molecule has 24 heavy (non-hydrogen) atoms. The fourth-order valence-electron chi connectivity index (χ4n) is 1.87. The molecule has 0 fully saturated rings. The number of hydrogen-bond acceptors (Lipinski definition) is 3. The molecule has 0 unspecified atom stereocenters. The van der Waals surface area contributed by atoms with Gasteiger partial charge in [-0.3, -0.25) is 14.6 Å². The number of anilines is 1. The Morgan fingerprint density at radius 3 is 2.38 bits per heavy atom. The second-order valence-electron chi connectivity index (χ2n) is 5.64. The fourth-order valence-corrected chi connectivity index (χ4v) is 1.87. The Balaban J connectivity index is 2.12. The van der Waals surface area contributed by atoms with Gasteiger partial charge in [0.05, 0.1) is 16.8 Å².